The topological polar surface area (TPSA) is 111 Å². The minimum Gasteiger partial charge on any atom is -0.404 e. The predicted molar refractivity (Wildman–Crippen MR) is 94.9 cm³/mol. The SMILES string of the molecule is CCC(CCO[C@]1(OC)CO1)N=CC(=CN)c1ncnc2[nH]ccc12. The van der Waals surface area contributed by atoms with Gasteiger partial charge < -0.3 is 24.9 Å². The maximum atomic E-state index is 5.79. The molecule has 3 heterocycles. The first kappa shape index (κ1) is 17.5. The summed E-state index contributed by atoms with van der Waals surface area (Å²) in [6.45, 7) is 3.08. The average Bonchev–Trinajstić information content (AvgIpc) is 3.26. The van der Waals surface area contributed by atoms with Crippen molar-refractivity contribution in [2.24, 2.45) is 10.7 Å². The quantitative estimate of drug-likeness (QED) is 0.407. The highest BCUT2D eigenvalue weighted by atomic mass is 16.9. The second-order valence-corrected chi connectivity index (χ2v) is 5.74. The van der Waals surface area contributed by atoms with Crippen molar-refractivity contribution < 1.29 is 14.2 Å². The maximum Gasteiger partial charge on any atom is 0.308 e. The fraction of sp³-hybridized carbons (Fsp3) is 0.471. The van der Waals surface area contributed by atoms with Crippen LogP contribution in [0.5, 0.6) is 0 Å². The lowest BCUT2D eigenvalue weighted by Gasteiger charge is -2.14. The van der Waals surface area contributed by atoms with E-state index in [0.717, 1.165) is 35.1 Å². The number of aromatic nitrogens is 3. The van der Waals surface area contributed by atoms with Gasteiger partial charge in [-0.2, -0.15) is 0 Å². The van der Waals surface area contributed by atoms with E-state index in [1.165, 1.54) is 12.5 Å². The van der Waals surface area contributed by atoms with Crippen LogP contribution in [0.2, 0.25) is 0 Å². The van der Waals surface area contributed by atoms with Crippen molar-refractivity contribution in [2.45, 2.75) is 31.8 Å². The summed E-state index contributed by atoms with van der Waals surface area (Å²) in [6, 6.07) is 2.04. The first-order valence-electron chi connectivity index (χ1n) is 8.28. The van der Waals surface area contributed by atoms with Gasteiger partial charge in [-0.05, 0) is 18.9 Å². The number of aliphatic imine (C=N–C) groups is 1. The molecule has 1 unspecified atom stereocenters. The van der Waals surface area contributed by atoms with Crippen LogP contribution in [0.25, 0.3) is 16.6 Å². The van der Waals surface area contributed by atoms with Crippen molar-refractivity contribution in [3.8, 4) is 0 Å². The molecular formula is C17H23N5O3. The largest absolute Gasteiger partial charge is 0.404 e. The summed E-state index contributed by atoms with van der Waals surface area (Å²) in [5, 5.41) is 0.912. The zero-order chi connectivity index (χ0) is 17.7. The smallest absolute Gasteiger partial charge is 0.308 e. The molecule has 0 aliphatic carbocycles. The molecule has 2 aromatic rings. The number of nitrogens with two attached hydrogens (primary N) is 1. The van der Waals surface area contributed by atoms with Gasteiger partial charge in [-0.3, -0.25) is 4.99 Å². The average molecular weight is 345 g/mol. The maximum absolute atomic E-state index is 5.79. The van der Waals surface area contributed by atoms with E-state index in [-0.39, 0.29) is 6.04 Å². The Morgan fingerprint density at radius 3 is 3.08 bits per heavy atom. The van der Waals surface area contributed by atoms with Crippen molar-refractivity contribution in [3.05, 3.63) is 30.5 Å². The van der Waals surface area contributed by atoms with Crippen molar-refractivity contribution >= 4 is 22.8 Å². The number of hydrogen-bond donors (Lipinski definition) is 2. The van der Waals surface area contributed by atoms with Gasteiger partial charge in [-0.25, -0.2) is 9.97 Å². The molecule has 3 rings (SSSR count). The molecule has 25 heavy (non-hydrogen) atoms. The van der Waals surface area contributed by atoms with Crippen LogP contribution in [0.3, 0.4) is 0 Å². The normalized spacial score (nSPS) is 21.9. The highest BCUT2D eigenvalue weighted by Crippen LogP contribution is 2.29. The molecule has 1 aliphatic rings. The second kappa shape index (κ2) is 7.73. The number of H-pyrrole nitrogens is 1. The van der Waals surface area contributed by atoms with Crippen molar-refractivity contribution in [2.75, 3.05) is 20.3 Å². The molecule has 8 heteroatoms. The number of epoxide rings is 1. The Labute approximate surface area is 146 Å². The van der Waals surface area contributed by atoms with Crippen LogP contribution in [0.4, 0.5) is 0 Å². The van der Waals surface area contributed by atoms with E-state index in [9.17, 15) is 0 Å². The molecule has 3 N–H and O–H groups in total. The third kappa shape index (κ3) is 4.04. The number of fused-ring (bicyclic) bond motifs is 1. The first-order valence-corrected chi connectivity index (χ1v) is 8.28. The third-order valence-electron chi connectivity index (χ3n) is 4.17. The molecule has 0 saturated carbocycles. The fourth-order valence-corrected chi connectivity index (χ4v) is 2.52. The van der Waals surface area contributed by atoms with E-state index in [4.69, 9.17) is 19.9 Å². The second-order valence-electron chi connectivity index (χ2n) is 5.74. The summed E-state index contributed by atoms with van der Waals surface area (Å²) in [5.41, 5.74) is 8.08. The van der Waals surface area contributed by atoms with E-state index >= 15 is 0 Å². The first-order chi connectivity index (χ1) is 12.2. The van der Waals surface area contributed by atoms with Gasteiger partial charge in [0.05, 0.1) is 18.3 Å². The highest BCUT2D eigenvalue weighted by Gasteiger charge is 2.47. The van der Waals surface area contributed by atoms with Crippen molar-refractivity contribution in [3.63, 3.8) is 0 Å². The Bertz CT molecular complexity index is 766. The Balaban J connectivity index is 1.64. The Hall–Kier alpha value is -2.29. The molecular weight excluding hydrogens is 322 g/mol. The van der Waals surface area contributed by atoms with Crippen LogP contribution in [0, 0.1) is 0 Å². The summed E-state index contributed by atoms with van der Waals surface area (Å²) < 4.78 is 15.9. The van der Waals surface area contributed by atoms with Crippen molar-refractivity contribution in [1.29, 1.82) is 0 Å². The van der Waals surface area contributed by atoms with Gasteiger partial charge in [-0.1, -0.05) is 6.92 Å². The number of rotatable bonds is 9. The zero-order valence-corrected chi connectivity index (χ0v) is 14.4. The lowest BCUT2D eigenvalue weighted by atomic mass is 10.1. The van der Waals surface area contributed by atoms with Gasteiger partial charge in [0, 0.05) is 36.7 Å². The molecule has 2 aromatic heterocycles. The Morgan fingerprint density at radius 1 is 1.56 bits per heavy atom. The van der Waals surface area contributed by atoms with Gasteiger partial charge >= 0.3 is 5.97 Å². The number of aromatic amines is 1. The molecule has 0 radical (unpaired) electrons. The molecule has 0 spiro atoms. The van der Waals surface area contributed by atoms with Gasteiger partial charge in [0.15, 0.2) is 0 Å². The van der Waals surface area contributed by atoms with E-state index < -0.39 is 5.97 Å². The van der Waals surface area contributed by atoms with Crippen LogP contribution < -0.4 is 5.73 Å². The molecule has 0 bridgehead atoms. The van der Waals surface area contributed by atoms with Gasteiger partial charge in [0.1, 0.15) is 18.6 Å². The number of hydrogen-bond acceptors (Lipinski definition) is 7. The molecule has 1 saturated heterocycles. The van der Waals surface area contributed by atoms with Crippen LogP contribution in [0.15, 0.2) is 29.8 Å². The van der Waals surface area contributed by atoms with E-state index in [1.54, 1.807) is 13.3 Å². The van der Waals surface area contributed by atoms with Crippen molar-refractivity contribution in [1.82, 2.24) is 15.0 Å². The van der Waals surface area contributed by atoms with Crippen LogP contribution in [0.1, 0.15) is 25.5 Å². The number of allylic oxidation sites excluding steroid dienone is 1. The molecule has 1 aliphatic heterocycles. The molecule has 0 aromatic carbocycles. The minimum atomic E-state index is -0.828. The Morgan fingerprint density at radius 2 is 2.40 bits per heavy atom. The van der Waals surface area contributed by atoms with E-state index in [1.807, 2.05) is 12.3 Å². The molecule has 8 nitrogen and oxygen atoms in total. The monoisotopic (exact) mass is 345 g/mol. The summed E-state index contributed by atoms with van der Waals surface area (Å²) in [5.74, 6) is -0.828. The van der Waals surface area contributed by atoms with Gasteiger partial charge in [-0.15, -0.1) is 0 Å². The van der Waals surface area contributed by atoms with Gasteiger partial charge in [0.2, 0.25) is 0 Å². The number of nitrogens with zero attached hydrogens (tertiary/aromatic N) is 3. The standard InChI is InChI=1S/C17H23N5O3/c1-3-13(5-7-24-17(23-2)10-25-17)20-9-12(8-18)15-14-4-6-19-16(14)22-11-21-15/h4,6,8-9,11,13H,3,5,7,10,18H2,1-2H3,(H,19,21,22)/t13?,17-/m1/s1. The van der Waals surface area contributed by atoms with Crippen LogP contribution >= 0.6 is 0 Å². The predicted octanol–water partition coefficient (Wildman–Crippen LogP) is 1.84. The lowest BCUT2D eigenvalue weighted by Crippen LogP contribution is -2.21. The summed E-state index contributed by atoms with van der Waals surface area (Å²) >= 11 is 0. The minimum absolute atomic E-state index is 0.117. The number of nitrogens with one attached hydrogen (secondary N) is 1. The van der Waals surface area contributed by atoms with Gasteiger partial charge in [0.25, 0.3) is 0 Å². The third-order valence-corrected chi connectivity index (χ3v) is 4.17. The van der Waals surface area contributed by atoms with Crippen LogP contribution in [-0.4, -0.2) is 53.5 Å². The zero-order valence-electron chi connectivity index (χ0n) is 14.4. The van der Waals surface area contributed by atoms with Crippen LogP contribution in [-0.2, 0) is 14.2 Å². The number of ether oxygens (including phenoxy) is 3. The summed E-state index contributed by atoms with van der Waals surface area (Å²) in [4.78, 5) is 16.2. The van der Waals surface area contributed by atoms with E-state index in [2.05, 4.69) is 26.9 Å². The summed E-state index contributed by atoms with van der Waals surface area (Å²) in [6.07, 6.45) is 8.27. The van der Waals surface area contributed by atoms with E-state index in [0.29, 0.717) is 13.2 Å². The highest BCUT2D eigenvalue weighted by molar-refractivity contribution is 6.13. The lowest BCUT2D eigenvalue weighted by molar-refractivity contribution is -0.212. The number of methoxy groups -OCH3 is 1. The molecule has 134 valence electrons. The summed E-state index contributed by atoms with van der Waals surface area (Å²) in [7, 11) is 1.57. The molecule has 1 fully saturated rings. The molecule has 0 amide bonds. The molecule has 2 atom stereocenters. The fourth-order valence-electron chi connectivity index (χ4n) is 2.52. The Kier molecular flexibility index (Phi) is 5.42.